The van der Waals surface area contributed by atoms with Gasteiger partial charge in [-0.2, -0.15) is 4.98 Å². The number of thiazole rings is 1. The van der Waals surface area contributed by atoms with Crippen LogP contribution in [-0.4, -0.2) is 88.9 Å². The van der Waals surface area contributed by atoms with Crippen LogP contribution in [-0.2, 0) is 14.8 Å². The van der Waals surface area contributed by atoms with Gasteiger partial charge in [0.05, 0.1) is 46.7 Å². The Balaban J connectivity index is 1.72. The zero-order valence-electron chi connectivity index (χ0n) is 22.3. The largest absolute Gasteiger partial charge is 0.390 e. The number of aromatic nitrogens is 4. The normalized spacial score (nSPS) is 22.2. The summed E-state index contributed by atoms with van der Waals surface area (Å²) in [6, 6.07) is 1.31. The third kappa shape index (κ3) is 6.05. The van der Waals surface area contributed by atoms with Gasteiger partial charge < -0.3 is 25.6 Å². The monoisotopic (exact) mass is 565 g/mol. The van der Waals surface area contributed by atoms with Crippen molar-refractivity contribution in [3.8, 4) is 10.6 Å². The van der Waals surface area contributed by atoms with Crippen molar-refractivity contribution in [1.82, 2.24) is 24.7 Å². The molecule has 1 aliphatic rings. The van der Waals surface area contributed by atoms with E-state index in [4.69, 9.17) is 14.7 Å². The molecule has 0 aromatic carbocycles. The maximum atomic E-state index is 11.9. The molecule has 4 atom stereocenters. The summed E-state index contributed by atoms with van der Waals surface area (Å²) >= 11 is 1.49. The van der Waals surface area contributed by atoms with E-state index in [2.05, 4.69) is 25.3 Å². The van der Waals surface area contributed by atoms with Crippen molar-refractivity contribution in [2.45, 2.75) is 57.9 Å². The Bertz CT molecular complexity index is 1410. The molecule has 4 rings (SSSR count). The van der Waals surface area contributed by atoms with Crippen LogP contribution in [0.2, 0.25) is 0 Å². The highest BCUT2D eigenvalue weighted by molar-refractivity contribution is 7.88. The molecule has 0 aliphatic heterocycles. The molecular formula is C24H35N7O5S2. The Morgan fingerprint density at radius 1 is 1.16 bits per heavy atom. The van der Waals surface area contributed by atoms with Crippen LogP contribution < -0.4 is 15.4 Å². The molecule has 1 aliphatic carbocycles. The second-order valence-corrected chi connectivity index (χ2v) is 13.0. The Hall–Kier alpha value is -2.49. The number of sulfonamides is 1. The first kappa shape index (κ1) is 28.5. The van der Waals surface area contributed by atoms with E-state index in [-0.39, 0.29) is 0 Å². The summed E-state index contributed by atoms with van der Waals surface area (Å²) in [4.78, 5) is 18.5. The lowest BCUT2D eigenvalue weighted by Crippen LogP contribution is -2.52. The van der Waals surface area contributed by atoms with E-state index in [9.17, 15) is 18.6 Å². The maximum Gasteiger partial charge on any atom is 0.224 e. The van der Waals surface area contributed by atoms with Gasteiger partial charge >= 0.3 is 0 Å². The number of aliphatic hydroxyl groups excluding tert-OH is 2. The summed E-state index contributed by atoms with van der Waals surface area (Å²) in [6.45, 7) is 8.13. The van der Waals surface area contributed by atoms with Crippen molar-refractivity contribution in [1.29, 1.82) is 0 Å². The van der Waals surface area contributed by atoms with E-state index in [0.29, 0.717) is 47.6 Å². The quantitative estimate of drug-likeness (QED) is 0.226. The molecule has 12 nitrogen and oxygen atoms in total. The van der Waals surface area contributed by atoms with Gasteiger partial charge in [0.1, 0.15) is 22.4 Å². The second-order valence-electron chi connectivity index (χ2n) is 10.2. The Morgan fingerprint density at radius 3 is 2.55 bits per heavy atom. The van der Waals surface area contributed by atoms with Gasteiger partial charge in [-0.05, 0) is 40.2 Å². The molecule has 14 heteroatoms. The van der Waals surface area contributed by atoms with Crippen molar-refractivity contribution in [2.75, 3.05) is 37.2 Å². The third-order valence-electron chi connectivity index (χ3n) is 6.76. The van der Waals surface area contributed by atoms with Crippen molar-refractivity contribution in [3.63, 3.8) is 0 Å². The number of ether oxygens (including phenoxy) is 1. The average Bonchev–Trinajstić information content (AvgIpc) is 3.35. The van der Waals surface area contributed by atoms with Crippen LogP contribution in [0.15, 0.2) is 12.3 Å². The number of pyridine rings is 1. The van der Waals surface area contributed by atoms with Gasteiger partial charge in [-0.1, -0.05) is 0 Å². The van der Waals surface area contributed by atoms with Crippen molar-refractivity contribution in [3.05, 3.63) is 23.7 Å². The summed E-state index contributed by atoms with van der Waals surface area (Å²) in [5.41, 5.74) is 1.98. The number of anilines is 2. The molecule has 208 valence electrons. The molecule has 3 aromatic heterocycles. The number of rotatable bonds is 10. The smallest absolute Gasteiger partial charge is 0.224 e. The molecule has 3 heterocycles. The summed E-state index contributed by atoms with van der Waals surface area (Å²) in [7, 11) is -1.92. The van der Waals surface area contributed by atoms with Gasteiger partial charge in [0.2, 0.25) is 16.0 Å². The molecule has 5 N–H and O–H groups in total. The third-order valence-corrected chi connectivity index (χ3v) is 8.70. The van der Waals surface area contributed by atoms with E-state index in [1.165, 1.54) is 11.3 Å². The fraction of sp³-hybridized carbons (Fsp3) is 0.583. The number of methoxy groups -OCH3 is 1. The standard InChI is InChI=1S/C24H35N7O5S2/c1-12-17(22-29-18-13(2)25-8-7-16(18)37-22)21(30-23(27-12)26-9-10-36-5)28-15-11-14(19(32)20(15)33)24(3,4)31-38(6,34)35/h7-8,14-15,19-20,31-33H,9-11H2,1-6H3,(H2,26,27,28,30)/t14-,15+,19+,20-/m0/s1. The number of aliphatic hydroxyl groups is 2. The van der Waals surface area contributed by atoms with Gasteiger partial charge in [0.25, 0.3) is 0 Å². The maximum absolute atomic E-state index is 11.9. The SMILES string of the molecule is COCCNc1nc(C)c(-c2nc3c(C)nccc3s2)c(N[C@@H]2C[C@H](C(C)(C)NS(C)(=O)=O)[C@@H](O)[C@H]2O)n1. The molecule has 0 radical (unpaired) electrons. The minimum atomic E-state index is -3.53. The number of nitrogens with zero attached hydrogens (tertiary/aromatic N) is 4. The first-order chi connectivity index (χ1) is 17.8. The predicted molar refractivity (Wildman–Crippen MR) is 148 cm³/mol. The van der Waals surface area contributed by atoms with Gasteiger partial charge in [0.15, 0.2) is 0 Å². The molecule has 0 amide bonds. The van der Waals surface area contributed by atoms with Gasteiger partial charge in [-0.25, -0.2) is 23.1 Å². The fourth-order valence-electron chi connectivity index (χ4n) is 4.99. The lowest BCUT2D eigenvalue weighted by molar-refractivity contribution is 0.000720. The number of hydrogen-bond acceptors (Lipinski definition) is 12. The van der Waals surface area contributed by atoms with Gasteiger partial charge in [-0.3, -0.25) is 4.98 Å². The first-order valence-electron chi connectivity index (χ1n) is 12.3. The average molecular weight is 566 g/mol. The van der Waals surface area contributed by atoms with Crippen LogP contribution in [0.3, 0.4) is 0 Å². The first-order valence-corrected chi connectivity index (χ1v) is 15.0. The van der Waals surface area contributed by atoms with Crippen LogP contribution in [0, 0.1) is 19.8 Å². The molecule has 0 spiro atoms. The van der Waals surface area contributed by atoms with Crippen LogP contribution in [0.25, 0.3) is 20.8 Å². The van der Waals surface area contributed by atoms with Crippen LogP contribution >= 0.6 is 11.3 Å². The zero-order valence-corrected chi connectivity index (χ0v) is 23.9. The summed E-state index contributed by atoms with van der Waals surface area (Å²) in [6.07, 6.45) is 0.809. The van der Waals surface area contributed by atoms with Crippen LogP contribution in [0.5, 0.6) is 0 Å². The van der Waals surface area contributed by atoms with Crippen molar-refractivity contribution in [2.24, 2.45) is 5.92 Å². The highest BCUT2D eigenvalue weighted by Crippen LogP contribution is 2.40. The molecular weight excluding hydrogens is 530 g/mol. The molecule has 1 fully saturated rings. The number of fused-ring (bicyclic) bond motifs is 1. The molecule has 38 heavy (non-hydrogen) atoms. The van der Waals surface area contributed by atoms with Gasteiger partial charge in [-0.15, -0.1) is 11.3 Å². The highest BCUT2D eigenvalue weighted by atomic mass is 32.2. The second kappa shape index (κ2) is 10.9. The number of aryl methyl sites for hydroxylation is 2. The Labute approximate surface area is 226 Å². The summed E-state index contributed by atoms with van der Waals surface area (Å²) in [5, 5.41) is 29.1. The Morgan fingerprint density at radius 2 is 1.89 bits per heavy atom. The van der Waals surface area contributed by atoms with Crippen molar-refractivity contribution < 1.29 is 23.4 Å². The molecule has 0 unspecified atom stereocenters. The van der Waals surface area contributed by atoms with E-state index in [0.717, 1.165) is 22.2 Å². The predicted octanol–water partition coefficient (Wildman–Crippen LogP) is 1.67. The van der Waals surface area contributed by atoms with E-state index >= 15 is 0 Å². The molecule has 0 saturated heterocycles. The van der Waals surface area contributed by atoms with Crippen LogP contribution in [0.1, 0.15) is 31.7 Å². The lowest BCUT2D eigenvalue weighted by atomic mass is 9.85. The Kier molecular flexibility index (Phi) is 8.21. The van der Waals surface area contributed by atoms with Gasteiger partial charge in [0, 0.05) is 31.3 Å². The minimum absolute atomic E-state index is 0.301. The zero-order chi connectivity index (χ0) is 27.8. The fourth-order valence-corrected chi connectivity index (χ4v) is 7.21. The topological polar surface area (TPSA) is 171 Å². The number of nitrogens with one attached hydrogen (secondary N) is 3. The highest BCUT2D eigenvalue weighted by Gasteiger charge is 2.49. The van der Waals surface area contributed by atoms with Crippen LogP contribution in [0.4, 0.5) is 11.8 Å². The number of hydrogen-bond donors (Lipinski definition) is 5. The summed E-state index contributed by atoms with van der Waals surface area (Å²) in [5.74, 6) is 0.285. The minimum Gasteiger partial charge on any atom is -0.390 e. The van der Waals surface area contributed by atoms with E-state index < -0.39 is 39.7 Å². The van der Waals surface area contributed by atoms with E-state index in [1.54, 1.807) is 27.2 Å². The molecule has 0 bridgehead atoms. The lowest BCUT2D eigenvalue weighted by Gasteiger charge is -2.34. The van der Waals surface area contributed by atoms with E-state index in [1.807, 2.05) is 19.9 Å². The van der Waals surface area contributed by atoms with Crippen molar-refractivity contribution >= 4 is 43.3 Å². The molecule has 3 aromatic rings. The summed E-state index contributed by atoms with van der Waals surface area (Å²) < 4.78 is 32.5. The molecule has 1 saturated carbocycles.